The van der Waals surface area contributed by atoms with Gasteiger partial charge in [0.1, 0.15) is 11.5 Å². The Labute approximate surface area is 146 Å². The predicted octanol–water partition coefficient (Wildman–Crippen LogP) is 2.45. The average molecular weight is 340 g/mol. The maximum Gasteiger partial charge on any atom is 0.228 e. The molecule has 0 spiro atoms. The zero-order valence-corrected chi connectivity index (χ0v) is 14.2. The summed E-state index contributed by atoms with van der Waals surface area (Å²) in [5.74, 6) is 0.500. The molecule has 0 saturated heterocycles. The Bertz CT molecular complexity index is 782. The highest BCUT2D eigenvalue weighted by molar-refractivity contribution is 6.01. The molecule has 2 aromatic carbocycles. The van der Waals surface area contributed by atoms with Crippen molar-refractivity contribution < 1.29 is 19.1 Å². The molecule has 0 radical (unpaired) electrons. The molecule has 25 heavy (non-hydrogen) atoms. The minimum absolute atomic E-state index is 0.143. The molecular formula is C19H20N2O4. The third kappa shape index (κ3) is 3.74. The molecule has 1 aliphatic heterocycles. The Morgan fingerprint density at radius 1 is 1.16 bits per heavy atom. The van der Waals surface area contributed by atoms with Crippen LogP contribution in [-0.4, -0.2) is 26.0 Å². The number of anilines is 1. The smallest absolute Gasteiger partial charge is 0.228 e. The van der Waals surface area contributed by atoms with Crippen LogP contribution in [0.1, 0.15) is 23.5 Å². The molecular weight excluding hydrogens is 320 g/mol. The predicted molar refractivity (Wildman–Crippen MR) is 93.8 cm³/mol. The molecule has 0 fully saturated rings. The quantitative estimate of drug-likeness (QED) is 0.876. The van der Waals surface area contributed by atoms with Gasteiger partial charge in [-0.05, 0) is 29.3 Å². The lowest BCUT2D eigenvalue weighted by molar-refractivity contribution is -0.126. The summed E-state index contributed by atoms with van der Waals surface area (Å²) in [5.41, 5.74) is 2.39. The monoisotopic (exact) mass is 340 g/mol. The fourth-order valence-electron chi connectivity index (χ4n) is 2.93. The molecule has 0 aromatic heterocycles. The molecule has 0 saturated carbocycles. The molecule has 2 aromatic rings. The maximum absolute atomic E-state index is 12.6. The van der Waals surface area contributed by atoms with Gasteiger partial charge >= 0.3 is 0 Å². The first-order valence-electron chi connectivity index (χ1n) is 7.99. The summed E-state index contributed by atoms with van der Waals surface area (Å²) in [5, 5.41) is 5.70. The highest BCUT2D eigenvalue weighted by atomic mass is 16.5. The van der Waals surface area contributed by atoms with Gasteiger partial charge < -0.3 is 20.1 Å². The van der Waals surface area contributed by atoms with Crippen LogP contribution in [0.5, 0.6) is 11.5 Å². The van der Waals surface area contributed by atoms with Crippen LogP contribution < -0.4 is 20.1 Å². The van der Waals surface area contributed by atoms with E-state index in [1.807, 2.05) is 30.3 Å². The van der Waals surface area contributed by atoms with Crippen molar-refractivity contribution in [1.82, 2.24) is 5.32 Å². The number of amides is 2. The highest BCUT2D eigenvalue weighted by Crippen LogP contribution is 2.32. The van der Waals surface area contributed by atoms with Crippen LogP contribution in [0.2, 0.25) is 0 Å². The van der Waals surface area contributed by atoms with Crippen LogP contribution in [0.3, 0.4) is 0 Å². The van der Waals surface area contributed by atoms with Gasteiger partial charge in [-0.2, -0.15) is 0 Å². The van der Waals surface area contributed by atoms with E-state index in [0.29, 0.717) is 23.7 Å². The lowest BCUT2D eigenvalue weighted by atomic mass is 9.90. The second kappa shape index (κ2) is 7.25. The van der Waals surface area contributed by atoms with E-state index in [9.17, 15) is 9.59 Å². The number of hydrogen-bond acceptors (Lipinski definition) is 4. The molecule has 6 nitrogen and oxygen atoms in total. The zero-order valence-electron chi connectivity index (χ0n) is 14.2. The molecule has 2 amide bonds. The maximum atomic E-state index is 12.6. The van der Waals surface area contributed by atoms with Crippen LogP contribution in [-0.2, 0) is 16.1 Å². The van der Waals surface area contributed by atoms with Crippen LogP contribution in [0, 0.1) is 0 Å². The van der Waals surface area contributed by atoms with Gasteiger partial charge in [0.05, 0.1) is 20.1 Å². The van der Waals surface area contributed by atoms with Crippen molar-refractivity contribution in [2.45, 2.75) is 18.9 Å². The number of ether oxygens (including phenoxy) is 2. The van der Waals surface area contributed by atoms with Crippen LogP contribution >= 0.6 is 0 Å². The molecule has 1 heterocycles. The number of carbonyl (C=O) groups is 2. The third-order valence-electron chi connectivity index (χ3n) is 4.19. The summed E-state index contributed by atoms with van der Waals surface area (Å²) >= 11 is 0. The van der Waals surface area contributed by atoms with Crippen molar-refractivity contribution in [1.29, 1.82) is 0 Å². The normalized spacial score (nSPS) is 15.8. The summed E-state index contributed by atoms with van der Waals surface area (Å²) in [4.78, 5) is 24.5. The Morgan fingerprint density at radius 2 is 1.84 bits per heavy atom. The molecule has 6 heteroatoms. The summed E-state index contributed by atoms with van der Waals surface area (Å²) in [7, 11) is 3.16. The van der Waals surface area contributed by atoms with Crippen molar-refractivity contribution in [3.05, 3.63) is 53.6 Å². The Kier molecular flexibility index (Phi) is 4.88. The van der Waals surface area contributed by atoms with E-state index < -0.39 is 5.92 Å². The van der Waals surface area contributed by atoms with Crippen LogP contribution in [0.15, 0.2) is 42.5 Å². The van der Waals surface area contributed by atoms with E-state index in [1.54, 1.807) is 26.4 Å². The van der Waals surface area contributed by atoms with E-state index in [2.05, 4.69) is 10.6 Å². The minimum atomic E-state index is -0.488. The first-order chi connectivity index (χ1) is 12.1. The lowest BCUT2D eigenvalue weighted by Crippen LogP contribution is -2.34. The van der Waals surface area contributed by atoms with Crippen LogP contribution in [0.25, 0.3) is 0 Å². The number of rotatable bonds is 5. The fraction of sp³-hybridized carbons (Fsp3) is 0.263. The Hall–Kier alpha value is -3.02. The first kappa shape index (κ1) is 16.8. The van der Waals surface area contributed by atoms with Gasteiger partial charge in [0, 0.05) is 24.7 Å². The van der Waals surface area contributed by atoms with Crippen molar-refractivity contribution >= 4 is 17.5 Å². The molecule has 1 aliphatic rings. The molecule has 0 bridgehead atoms. The van der Waals surface area contributed by atoms with Gasteiger partial charge in [-0.1, -0.05) is 18.2 Å². The van der Waals surface area contributed by atoms with Gasteiger partial charge in [0.2, 0.25) is 11.8 Å². The lowest BCUT2D eigenvalue weighted by Gasteiger charge is -2.24. The SMILES string of the molecule is COc1cc(CNC(=O)[C@H]2CC(=O)Nc3ccccc32)cc(OC)c1. The Morgan fingerprint density at radius 3 is 2.52 bits per heavy atom. The number of hydrogen-bond donors (Lipinski definition) is 2. The van der Waals surface area contributed by atoms with Crippen molar-refractivity contribution in [3.63, 3.8) is 0 Å². The number of para-hydroxylation sites is 1. The summed E-state index contributed by atoms with van der Waals surface area (Å²) in [6.07, 6.45) is 0.143. The molecule has 130 valence electrons. The number of nitrogens with one attached hydrogen (secondary N) is 2. The van der Waals surface area contributed by atoms with E-state index in [4.69, 9.17) is 9.47 Å². The number of fused-ring (bicyclic) bond motifs is 1. The standard InChI is InChI=1S/C19H20N2O4/c1-24-13-7-12(8-14(9-13)25-2)11-20-19(23)16-10-18(22)21-17-6-4-3-5-15(16)17/h3-9,16H,10-11H2,1-2H3,(H,20,23)(H,21,22)/t16-/m0/s1. The number of carbonyl (C=O) groups excluding carboxylic acids is 2. The third-order valence-corrected chi connectivity index (χ3v) is 4.19. The van der Waals surface area contributed by atoms with Gasteiger partial charge in [0.25, 0.3) is 0 Å². The molecule has 1 atom stereocenters. The van der Waals surface area contributed by atoms with Crippen LogP contribution in [0.4, 0.5) is 5.69 Å². The second-order valence-electron chi connectivity index (χ2n) is 5.83. The van der Waals surface area contributed by atoms with Crippen molar-refractivity contribution in [2.24, 2.45) is 0 Å². The fourth-order valence-corrected chi connectivity index (χ4v) is 2.93. The topological polar surface area (TPSA) is 76.7 Å². The van der Waals surface area contributed by atoms with E-state index >= 15 is 0 Å². The van der Waals surface area contributed by atoms with E-state index in [0.717, 1.165) is 11.1 Å². The van der Waals surface area contributed by atoms with Gasteiger partial charge in [-0.15, -0.1) is 0 Å². The number of benzene rings is 2. The summed E-state index contributed by atoms with van der Waals surface area (Å²) < 4.78 is 10.5. The van der Waals surface area contributed by atoms with Gasteiger partial charge in [-0.25, -0.2) is 0 Å². The van der Waals surface area contributed by atoms with Crippen molar-refractivity contribution in [3.8, 4) is 11.5 Å². The van der Waals surface area contributed by atoms with Crippen molar-refractivity contribution in [2.75, 3.05) is 19.5 Å². The van der Waals surface area contributed by atoms with E-state index in [1.165, 1.54) is 0 Å². The second-order valence-corrected chi connectivity index (χ2v) is 5.83. The first-order valence-corrected chi connectivity index (χ1v) is 7.99. The Balaban J connectivity index is 1.74. The summed E-state index contributed by atoms with van der Waals surface area (Å²) in [6, 6.07) is 12.8. The summed E-state index contributed by atoms with van der Waals surface area (Å²) in [6.45, 7) is 0.326. The van der Waals surface area contributed by atoms with E-state index in [-0.39, 0.29) is 18.2 Å². The molecule has 2 N–H and O–H groups in total. The molecule has 0 unspecified atom stereocenters. The largest absolute Gasteiger partial charge is 0.497 e. The highest BCUT2D eigenvalue weighted by Gasteiger charge is 2.30. The minimum Gasteiger partial charge on any atom is -0.497 e. The zero-order chi connectivity index (χ0) is 17.8. The number of methoxy groups -OCH3 is 2. The average Bonchev–Trinajstić information content (AvgIpc) is 2.64. The molecule has 3 rings (SSSR count). The van der Waals surface area contributed by atoms with Gasteiger partial charge in [0.15, 0.2) is 0 Å². The molecule has 0 aliphatic carbocycles. The van der Waals surface area contributed by atoms with Gasteiger partial charge in [-0.3, -0.25) is 9.59 Å².